The van der Waals surface area contributed by atoms with Gasteiger partial charge in [-0.25, -0.2) is 10.1 Å². The van der Waals surface area contributed by atoms with E-state index in [-0.39, 0.29) is 5.56 Å². The molecule has 0 saturated heterocycles. The first-order valence-corrected chi connectivity index (χ1v) is 8.10. The molecule has 26 heavy (non-hydrogen) atoms. The van der Waals surface area contributed by atoms with Gasteiger partial charge in [-0.05, 0) is 6.07 Å². The Hall–Kier alpha value is -3.36. The summed E-state index contributed by atoms with van der Waals surface area (Å²) in [5, 5.41) is 7.26. The molecule has 0 atom stereocenters. The maximum Gasteiger partial charge on any atom is 0.264 e. The molecule has 1 aliphatic heterocycles. The van der Waals surface area contributed by atoms with Gasteiger partial charge in [-0.15, -0.1) is 0 Å². The van der Waals surface area contributed by atoms with Crippen LogP contribution in [0, 0.1) is 0 Å². The average Bonchev–Trinajstić information content (AvgIpc) is 2.66. The minimum Gasteiger partial charge on any atom is -0.493 e. The van der Waals surface area contributed by atoms with Crippen molar-refractivity contribution in [2.75, 3.05) is 31.4 Å². The van der Waals surface area contributed by atoms with Crippen LogP contribution in [0.5, 0.6) is 11.5 Å². The van der Waals surface area contributed by atoms with Crippen molar-refractivity contribution in [2.45, 2.75) is 13.0 Å². The topological polar surface area (TPSA) is 119 Å². The van der Waals surface area contributed by atoms with Crippen molar-refractivity contribution in [3.8, 4) is 11.5 Å². The summed E-state index contributed by atoms with van der Waals surface area (Å²) in [6.07, 6.45) is 0.694. The summed E-state index contributed by atoms with van der Waals surface area (Å²) in [5.41, 5.74) is 8.36. The second-order valence-electron chi connectivity index (χ2n) is 6.01. The maximum absolute atomic E-state index is 11.5. The number of fused-ring (bicyclic) bond motifs is 2. The highest BCUT2D eigenvalue weighted by Gasteiger charge is 2.21. The first-order chi connectivity index (χ1) is 12.6. The molecule has 0 bridgehead atoms. The summed E-state index contributed by atoms with van der Waals surface area (Å²) in [5.74, 6) is 2.01. The van der Waals surface area contributed by atoms with Gasteiger partial charge < -0.3 is 20.1 Å². The summed E-state index contributed by atoms with van der Waals surface area (Å²) >= 11 is 0. The molecule has 0 amide bonds. The van der Waals surface area contributed by atoms with Gasteiger partial charge in [0.25, 0.3) is 5.56 Å². The third-order valence-corrected chi connectivity index (χ3v) is 4.46. The van der Waals surface area contributed by atoms with Crippen LogP contribution in [-0.2, 0) is 13.0 Å². The second kappa shape index (κ2) is 6.17. The van der Waals surface area contributed by atoms with Crippen molar-refractivity contribution in [1.82, 2.24) is 20.2 Å². The molecule has 4 rings (SSSR count). The Morgan fingerprint density at radius 2 is 1.92 bits per heavy atom. The van der Waals surface area contributed by atoms with Gasteiger partial charge in [-0.3, -0.25) is 4.79 Å². The summed E-state index contributed by atoms with van der Waals surface area (Å²) in [6, 6.07) is 5.11. The normalized spacial score (nSPS) is 13.5. The van der Waals surface area contributed by atoms with Crippen molar-refractivity contribution < 1.29 is 9.47 Å². The lowest BCUT2D eigenvalue weighted by molar-refractivity contribution is 0.356. The average molecular weight is 354 g/mol. The number of ether oxygens (including phenoxy) is 2. The van der Waals surface area contributed by atoms with Crippen LogP contribution in [0.3, 0.4) is 0 Å². The fourth-order valence-electron chi connectivity index (χ4n) is 3.13. The minimum absolute atomic E-state index is 0.221. The lowest BCUT2D eigenvalue weighted by Crippen LogP contribution is -2.34. The van der Waals surface area contributed by atoms with Gasteiger partial charge in [0, 0.05) is 42.6 Å². The van der Waals surface area contributed by atoms with Gasteiger partial charge in [0.1, 0.15) is 5.82 Å². The number of nitrogens with zero attached hydrogens (tertiary/aromatic N) is 4. The van der Waals surface area contributed by atoms with Crippen molar-refractivity contribution in [3.63, 3.8) is 0 Å². The van der Waals surface area contributed by atoms with E-state index in [0.717, 1.165) is 11.3 Å². The molecule has 3 aromatic rings. The number of aromatic nitrogens is 4. The largest absolute Gasteiger partial charge is 0.493 e. The molecule has 0 saturated carbocycles. The Labute approximate surface area is 148 Å². The molecule has 3 N–H and O–H groups in total. The quantitative estimate of drug-likeness (QED) is 0.711. The van der Waals surface area contributed by atoms with Crippen LogP contribution in [0.1, 0.15) is 11.3 Å². The summed E-state index contributed by atoms with van der Waals surface area (Å²) in [4.78, 5) is 22.6. The zero-order chi connectivity index (χ0) is 18.3. The standard InChI is InChI=1S/C17H18N6O3/c1-25-13-6-10-12(7-14(13)26-2)19-17(20-16(10)18)23-4-3-11-9(8-23)5-15(24)22-21-11/h5-7H,3-4,8H2,1-2H3,(H,22,24)(H2,18,19,20). The number of rotatable bonds is 3. The molecule has 0 spiro atoms. The zero-order valence-electron chi connectivity index (χ0n) is 14.4. The lowest BCUT2D eigenvalue weighted by atomic mass is 10.1. The van der Waals surface area contributed by atoms with Crippen LogP contribution < -0.4 is 25.7 Å². The van der Waals surface area contributed by atoms with Crippen LogP contribution in [0.25, 0.3) is 10.9 Å². The smallest absolute Gasteiger partial charge is 0.264 e. The fraction of sp³-hybridized carbons (Fsp3) is 0.294. The Kier molecular flexibility index (Phi) is 3.83. The Morgan fingerprint density at radius 1 is 1.15 bits per heavy atom. The van der Waals surface area contributed by atoms with E-state index in [1.54, 1.807) is 32.4 Å². The number of hydrogen-bond donors (Lipinski definition) is 2. The zero-order valence-corrected chi connectivity index (χ0v) is 14.4. The maximum atomic E-state index is 11.5. The highest BCUT2D eigenvalue weighted by Crippen LogP contribution is 2.34. The third kappa shape index (κ3) is 2.67. The van der Waals surface area contributed by atoms with Crippen LogP contribution in [-0.4, -0.2) is 40.9 Å². The van der Waals surface area contributed by atoms with Crippen LogP contribution >= 0.6 is 0 Å². The van der Waals surface area contributed by atoms with Crippen molar-refractivity contribution in [1.29, 1.82) is 0 Å². The Balaban J connectivity index is 1.76. The minimum atomic E-state index is -0.221. The molecular formula is C17H18N6O3. The molecule has 9 nitrogen and oxygen atoms in total. The third-order valence-electron chi connectivity index (χ3n) is 4.46. The monoisotopic (exact) mass is 354 g/mol. The van der Waals surface area contributed by atoms with E-state index in [1.807, 2.05) is 4.90 Å². The highest BCUT2D eigenvalue weighted by molar-refractivity contribution is 5.91. The number of aromatic amines is 1. The molecule has 1 aliphatic rings. The van der Waals surface area contributed by atoms with Crippen molar-refractivity contribution >= 4 is 22.7 Å². The molecule has 0 unspecified atom stereocenters. The van der Waals surface area contributed by atoms with Gasteiger partial charge >= 0.3 is 0 Å². The number of benzene rings is 1. The number of H-pyrrole nitrogens is 1. The molecule has 1 aromatic carbocycles. The fourth-order valence-corrected chi connectivity index (χ4v) is 3.13. The SMILES string of the molecule is COc1cc2nc(N3CCc4n[nH]c(=O)cc4C3)nc(N)c2cc1OC. The predicted molar refractivity (Wildman–Crippen MR) is 96.7 cm³/mol. The first-order valence-electron chi connectivity index (χ1n) is 8.10. The van der Waals surface area contributed by atoms with E-state index in [9.17, 15) is 4.79 Å². The van der Waals surface area contributed by atoms with E-state index in [4.69, 9.17) is 15.2 Å². The molecule has 2 aromatic heterocycles. The van der Waals surface area contributed by atoms with Crippen molar-refractivity contribution in [2.24, 2.45) is 0 Å². The van der Waals surface area contributed by atoms with Crippen LogP contribution in [0.4, 0.5) is 11.8 Å². The summed E-state index contributed by atoms with van der Waals surface area (Å²) < 4.78 is 10.7. The predicted octanol–water partition coefficient (Wildman–Crippen LogP) is 0.875. The number of methoxy groups -OCH3 is 2. The molecule has 0 aliphatic carbocycles. The van der Waals surface area contributed by atoms with Gasteiger partial charge in [-0.2, -0.15) is 10.1 Å². The van der Waals surface area contributed by atoms with E-state index < -0.39 is 0 Å². The highest BCUT2D eigenvalue weighted by atomic mass is 16.5. The molecule has 9 heteroatoms. The summed E-state index contributed by atoms with van der Waals surface area (Å²) in [7, 11) is 3.14. The van der Waals surface area contributed by atoms with Crippen LogP contribution in [0.15, 0.2) is 23.0 Å². The van der Waals surface area contributed by atoms with Gasteiger partial charge in [0.15, 0.2) is 11.5 Å². The van der Waals surface area contributed by atoms with Crippen molar-refractivity contribution in [3.05, 3.63) is 39.8 Å². The Morgan fingerprint density at radius 3 is 2.69 bits per heavy atom. The van der Waals surface area contributed by atoms with E-state index in [1.165, 1.54) is 0 Å². The van der Waals surface area contributed by atoms with E-state index in [0.29, 0.717) is 53.7 Å². The van der Waals surface area contributed by atoms with E-state index in [2.05, 4.69) is 20.2 Å². The molecule has 0 radical (unpaired) electrons. The number of nitrogen functional groups attached to an aromatic ring is 1. The van der Waals surface area contributed by atoms with E-state index >= 15 is 0 Å². The first kappa shape index (κ1) is 16.1. The van der Waals surface area contributed by atoms with Gasteiger partial charge in [0.05, 0.1) is 25.4 Å². The molecule has 3 heterocycles. The van der Waals surface area contributed by atoms with Gasteiger partial charge in [-0.1, -0.05) is 0 Å². The molecule has 134 valence electrons. The second-order valence-corrected chi connectivity index (χ2v) is 6.01. The number of nitrogens with two attached hydrogens (primary N) is 1. The molecular weight excluding hydrogens is 336 g/mol. The Bertz CT molecular complexity index is 1050. The lowest BCUT2D eigenvalue weighted by Gasteiger charge is -2.28. The summed E-state index contributed by atoms with van der Waals surface area (Å²) in [6.45, 7) is 1.19. The number of anilines is 2. The molecule has 0 fully saturated rings. The number of nitrogens with one attached hydrogen (secondary N) is 1. The number of hydrogen-bond acceptors (Lipinski definition) is 8. The van der Waals surface area contributed by atoms with Crippen LogP contribution in [0.2, 0.25) is 0 Å². The van der Waals surface area contributed by atoms with Gasteiger partial charge in [0.2, 0.25) is 5.95 Å².